The topological polar surface area (TPSA) is 14.8 Å². The molecule has 0 bridgehead atoms. The molecule has 9 aromatic carbocycles. The van der Waals surface area contributed by atoms with Crippen LogP contribution in [-0.4, -0.2) is 28.5 Å². The Morgan fingerprint density at radius 1 is 0.299 bits per heavy atom. The molecule has 0 fully saturated rings. The van der Waals surface area contributed by atoms with Gasteiger partial charge in [-0.25, -0.2) is 0 Å². The fraction of sp³-hybridized carbons (Fsp3) is 0.341. The van der Waals surface area contributed by atoms with Crippen LogP contribution in [0.4, 0.5) is 0 Å². The zero-order valence-corrected chi connectivity index (χ0v) is 56.7. The van der Waals surface area contributed by atoms with Crippen LogP contribution in [0.25, 0.3) is 93.6 Å². The molecule has 87 heavy (non-hydrogen) atoms. The monoisotopic (exact) mass is 1150 g/mol. The minimum Gasteiger partial charge on any atom is -0.310 e. The van der Waals surface area contributed by atoms with Gasteiger partial charge in [-0.05, 0) is 180 Å². The van der Waals surface area contributed by atoms with Crippen LogP contribution in [0.2, 0.25) is 0 Å². The van der Waals surface area contributed by atoms with E-state index < -0.39 is 8.07 Å². The maximum absolute atomic E-state index is 3.26. The minimum absolute atomic E-state index is 0.0247. The standard InChI is InChI=1S/C82H86BN3Si/c1-76(2,3)45-22-28-52(29-23-45)84-61-33-27-46(77(4,5)6)36-59(61)69-64(84)44-58-53-30-24-47(78(7,8)9)40-63(53)85-62-34-35-65-75-70(62)83(71(69)74(58)85)60-39-50(81(16,17)18)37-56-57-38-51(82(19,20)21)43-68(73(57)86(75)72(56)60)87(65)66-41-48(79(10,11)12)25-31-54(66)55-32-26-49(42-67(55)87)80(13,14)15/h22-44H,1-21H3. The summed E-state index contributed by atoms with van der Waals surface area (Å²) in [6.07, 6.45) is 0. The van der Waals surface area contributed by atoms with Crippen LogP contribution in [0.15, 0.2) is 140 Å². The SMILES string of the molecule is CC(C)(C)c1ccc(-n2c3ccc(C(C)(C)C)cc3c3c4c5c(cc32)c2ccc(C(C)(C)C)cc2n5-c2ccc3c5c2B4c2cc(C(C)(C)C)cc4c6cc(C(C)(C)C)cc(c6n-5c24)[Si]32c3cc(C(C)(C)C)ccc3-c3ccc(C(C)(C)C)cc32)cc1. The molecule has 0 saturated heterocycles. The summed E-state index contributed by atoms with van der Waals surface area (Å²) in [6, 6.07) is 58.6. The Hall–Kier alpha value is -7.34. The number of hydrogen-bond donors (Lipinski definition) is 0. The molecule has 0 N–H and O–H groups in total. The molecule has 3 aromatic heterocycles. The van der Waals surface area contributed by atoms with Crippen molar-refractivity contribution in [3.63, 3.8) is 0 Å². The van der Waals surface area contributed by atoms with Crippen molar-refractivity contribution in [1.29, 1.82) is 0 Å². The first-order chi connectivity index (χ1) is 40.6. The van der Waals surface area contributed by atoms with Gasteiger partial charge in [-0.2, -0.15) is 0 Å². The Kier molecular flexibility index (Phi) is 10.5. The van der Waals surface area contributed by atoms with Crippen molar-refractivity contribution in [3.05, 3.63) is 178 Å². The van der Waals surface area contributed by atoms with Gasteiger partial charge in [-0.3, -0.25) is 0 Å². The molecule has 1 spiro atoms. The van der Waals surface area contributed by atoms with E-state index in [0.717, 1.165) is 0 Å². The molecule has 16 rings (SSSR count). The predicted octanol–water partition coefficient (Wildman–Crippen LogP) is 16.9. The Labute approximate surface area is 517 Å². The Morgan fingerprint density at radius 2 is 0.770 bits per heavy atom. The summed E-state index contributed by atoms with van der Waals surface area (Å²) in [5.74, 6) is 0. The van der Waals surface area contributed by atoms with Gasteiger partial charge in [0, 0.05) is 54.9 Å². The van der Waals surface area contributed by atoms with Gasteiger partial charge in [-0.1, -0.05) is 230 Å². The molecule has 0 unspecified atom stereocenters. The van der Waals surface area contributed by atoms with Crippen molar-refractivity contribution in [2.45, 2.75) is 183 Å². The molecule has 5 heteroatoms. The molecular weight excluding hydrogens is 1070 g/mol. The number of rotatable bonds is 1. The van der Waals surface area contributed by atoms with Gasteiger partial charge < -0.3 is 13.7 Å². The van der Waals surface area contributed by atoms with Gasteiger partial charge in [0.1, 0.15) is 0 Å². The number of fused-ring (bicyclic) bond motifs is 18. The minimum atomic E-state index is -3.26. The molecule has 0 saturated carbocycles. The van der Waals surface area contributed by atoms with Crippen LogP contribution < -0.4 is 37.1 Å². The molecule has 4 aliphatic rings. The van der Waals surface area contributed by atoms with E-state index in [1.54, 1.807) is 15.6 Å². The third-order valence-corrected chi connectivity index (χ3v) is 26.3. The zero-order valence-electron chi connectivity index (χ0n) is 55.7. The van der Waals surface area contributed by atoms with Crippen LogP contribution in [0.3, 0.4) is 0 Å². The van der Waals surface area contributed by atoms with Gasteiger partial charge in [-0.15, -0.1) is 0 Å². The summed E-state index contributed by atoms with van der Waals surface area (Å²) in [6.45, 7) is 50.3. The first-order valence-electron chi connectivity index (χ1n) is 32.4. The molecule has 3 nitrogen and oxygen atoms in total. The van der Waals surface area contributed by atoms with E-state index in [1.165, 1.54) is 154 Å². The van der Waals surface area contributed by atoms with Crippen molar-refractivity contribution in [2.24, 2.45) is 0 Å². The van der Waals surface area contributed by atoms with Crippen LogP contribution >= 0.6 is 0 Å². The molecule has 0 radical (unpaired) electrons. The molecule has 0 aliphatic carbocycles. The largest absolute Gasteiger partial charge is 0.310 e. The lowest BCUT2D eigenvalue weighted by atomic mass is 9.33. The first-order valence-corrected chi connectivity index (χ1v) is 34.4. The van der Waals surface area contributed by atoms with Gasteiger partial charge >= 0.3 is 0 Å². The van der Waals surface area contributed by atoms with E-state index in [9.17, 15) is 0 Å². The van der Waals surface area contributed by atoms with E-state index >= 15 is 0 Å². The highest BCUT2D eigenvalue weighted by molar-refractivity contribution is 7.24. The first kappa shape index (κ1) is 55.0. The number of aromatic nitrogens is 3. The fourth-order valence-corrected chi connectivity index (χ4v) is 22.2. The van der Waals surface area contributed by atoms with E-state index in [4.69, 9.17) is 0 Å². The number of hydrogen-bond acceptors (Lipinski definition) is 0. The Bertz CT molecular complexity index is 5050. The third kappa shape index (κ3) is 7.18. The lowest BCUT2D eigenvalue weighted by molar-refractivity contribution is 0.590. The Morgan fingerprint density at radius 3 is 1.34 bits per heavy atom. The quantitative estimate of drug-likeness (QED) is 0.146. The van der Waals surface area contributed by atoms with Crippen molar-refractivity contribution >= 4 is 117 Å². The lowest BCUT2D eigenvalue weighted by Gasteiger charge is -2.43. The van der Waals surface area contributed by atoms with Crippen molar-refractivity contribution in [1.82, 2.24) is 13.7 Å². The van der Waals surface area contributed by atoms with Crippen LogP contribution in [0, 0.1) is 0 Å². The maximum atomic E-state index is 2.88. The second kappa shape index (κ2) is 16.7. The summed E-state index contributed by atoms with van der Waals surface area (Å²) in [4.78, 5) is 0. The van der Waals surface area contributed by atoms with Crippen molar-refractivity contribution in [2.75, 3.05) is 0 Å². The van der Waals surface area contributed by atoms with Crippen LogP contribution in [0.5, 0.6) is 0 Å². The highest BCUT2D eigenvalue weighted by atomic mass is 28.3. The van der Waals surface area contributed by atoms with Crippen molar-refractivity contribution in [3.8, 4) is 28.2 Å². The fourth-order valence-electron chi connectivity index (χ4n) is 16.5. The van der Waals surface area contributed by atoms with Gasteiger partial charge in [0.05, 0.1) is 27.6 Å². The molecule has 0 amide bonds. The summed E-state index contributed by atoms with van der Waals surface area (Å²) < 4.78 is 8.30. The van der Waals surface area contributed by atoms with Gasteiger partial charge in [0.15, 0.2) is 8.07 Å². The van der Waals surface area contributed by atoms with Crippen molar-refractivity contribution < 1.29 is 0 Å². The maximum Gasteiger partial charge on any atom is 0.253 e. The highest BCUT2D eigenvalue weighted by Crippen LogP contribution is 2.48. The average Bonchev–Trinajstić information content (AvgIpc) is 1.53. The smallest absolute Gasteiger partial charge is 0.253 e. The summed E-state index contributed by atoms with van der Waals surface area (Å²) in [5.41, 5.74) is 28.3. The van der Waals surface area contributed by atoms with Gasteiger partial charge in [0.2, 0.25) is 0 Å². The van der Waals surface area contributed by atoms with E-state index in [0.29, 0.717) is 0 Å². The number of nitrogens with zero attached hydrogens (tertiary/aromatic N) is 3. The normalized spacial score (nSPS) is 15.3. The lowest BCUT2D eigenvalue weighted by Crippen LogP contribution is -2.77. The molecule has 12 aromatic rings. The van der Waals surface area contributed by atoms with E-state index in [1.807, 2.05) is 0 Å². The molecule has 0 atom stereocenters. The highest BCUT2D eigenvalue weighted by Gasteiger charge is 2.57. The van der Waals surface area contributed by atoms with E-state index in [2.05, 4.69) is 299 Å². The Balaban J connectivity index is 1.19. The predicted molar refractivity (Wildman–Crippen MR) is 381 cm³/mol. The summed E-state index contributed by atoms with van der Waals surface area (Å²) in [5, 5.41) is 14.3. The summed E-state index contributed by atoms with van der Waals surface area (Å²) in [7, 11) is -3.26. The molecule has 436 valence electrons. The number of benzene rings is 9. The second-order valence-electron chi connectivity index (χ2n) is 34.3. The van der Waals surface area contributed by atoms with E-state index in [-0.39, 0.29) is 44.6 Å². The van der Waals surface area contributed by atoms with Crippen LogP contribution in [-0.2, 0) is 37.9 Å². The van der Waals surface area contributed by atoms with Gasteiger partial charge in [0.25, 0.3) is 6.71 Å². The zero-order chi connectivity index (χ0) is 61.5. The second-order valence-corrected chi connectivity index (χ2v) is 38.0. The molecule has 7 heterocycles. The van der Waals surface area contributed by atoms with Crippen LogP contribution in [0.1, 0.15) is 184 Å². The third-order valence-electron chi connectivity index (χ3n) is 21.5. The molecular formula is C82H86BN3Si. The average molecular weight is 1150 g/mol. The summed E-state index contributed by atoms with van der Waals surface area (Å²) >= 11 is 0. The molecule has 4 aliphatic heterocycles.